The molecular formula is C32H29N3O8. The topological polar surface area (TPSA) is 134 Å². The number of rotatable bonds is 11. The number of esters is 1. The average Bonchev–Trinajstić information content (AvgIpc) is 3.04. The van der Waals surface area contributed by atoms with Crippen molar-refractivity contribution in [2.24, 2.45) is 5.10 Å². The van der Waals surface area contributed by atoms with Crippen LogP contribution in [0.3, 0.4) is 0 Å². The standard InChI is InChI=1S/C32H29N3O8/c1-39-23-15-13-20(14-16-23)30(36)34-25-11-7-6-10-24(25)31(37)35-33-19-21-9-5-8-12-26(21)43-32(38)22-17-27(40-2)29(42-4)28(18-22)41-3/h5-19H,1-4H3,(H,34,36)(H,35,37)/b33-19-. The molecule has 0 aliphatic carbocycles. The molecule has 0 fully saturated rings. The second-order valence-electron chi connectivity index (χ2n) is 8.77. The molecule has 0 atom stereocenters. The Labute approximate surface area is 248 Å². The van der Waals surface area contributed by atoms with Crippen LogP contribution in [0.15, 0.2) is 90.0 Å². The molecule has 2 N–H and O–H groups in total. The van der Waals surface area contributed by atoms with Crippen LogP contribution in [0.25, 0.3) is 0 Å². The molecule has 0 aliphatic heterocycles. The number of amides is 2. The van der Waals surface area contributed by atoms with Gasteiger partial charge in [-0.3, -0.25) is 9.59 Å². The van der Waals surface area contributed by atoms with Crippen molar-refractivity contribution in [1.82, 2.24) is 5.43 Å². The lowest BCUT2D eigenvalue weighted by Crippen LogP contribution is -2.21. The number of ether oxygens (including phenoxy) is 5. The lowest BCUT2D eigenvalue weighted by molar-refractivity contribution is 0.0733. The maximum Gasteiger partial charge on any atom is 0.343 e. The van der Waals surface area contributed by atoms with E-state index in [1.54, 1.807) is 72.8 Å². The van der Waals surface area contributed by atoms with Gasteiger partial charge in [-0.2, -0.15) is 5.10 Å². The molecule has 4 rings (SSSR count). The minimum absolute atomic E-state index is 0.169. The van der Waals surface area contributed by atoms with Gasteiger partial charge in [0, 0.05) is 11.1 Å². The lowest BCUT2D eigenvalue weighted by Gasteiger charge is -2.14. The maximum atomic E-state index is 13.0. The third-order valence-electron chi connectivity index (χ3n) is 6.16. The molecule has 0 saturated carbocycles. The summed E-state index contributed by atoms with van der Waals surface area (Å²) in [5.41, 5.74) is 3.93. The summed E-state index contributed by atoms with van der Waals surface area (Å²) in [5.74, 6) is 0.122. The van der Waals surface area contributed by atoms with E-state index in [9.17, 15) is 14.4 Å². The number of carbonyl (C=O) groups is 3. The monoisotopic (exact) mass is 583 g/mol. The van der Waals surface area contributed by atoms with Gasteiger partial charge in [-0.25, -0.2) is 10.2 Å². The zero-order valence-corrected chi connectivity index (χ0v) is 23.9. The lowest BCUT2D eigenvalue weighted by atomic mass is 10.1. The summed E-state index contributed by atoms with van der Waals surface area (Å²) < 4.78 is 26.7. The van der Waals surface area contributed by atoms with Crippen molar-refractivity contribution in [3.63, 3.8) is 0 Å². The Balaban J connectivity index is 1.46. The first-order valence-corrected chi connectivity index (χ1v) is 12.9. The Morgan fingerprint density at radius 2 is 1.33 bits per heavy atom. The van der Waals surface area contributed by atoms with Gasteiger partial charge in [0.25, 0.3) is 11.8 Å². The van der Waals surface area contributed by atoms with E-state index in [0.29, 0.717) is 39.8 Å². The number of methoxy groups -OCH3 is 4. The molecule has 11 heteroatoms. The number of benzene rings is 4. The Bertz CT molecular complexity index is 1630. The number of nitrogens with one attached hydrogen (secondary N) is 2. The molecule has 0 saturated heterocycles. The van der Waals surface area contributed by atoms with Crippen LogP contribution in [0.1, 0.15) is 36.6 Å². The second-order valence-corrected chi connectivity index (χ2v) is 8.77. The molecule has 0 bridgehead atoms. The summed E-state index contributed by atoms with van der Waals surface area (Å²) in [6, 6.07) is 22.7. The van der Waals surface area contributed by atoms with E-state index in [4.69, 9.17) is 23.7 Å². The van der Waals surface area contributed by atoms with Crippen molar-refractivity contribution >= 4 is 29.7 Å². The van der Waals surface area contributed by atoms with Gasteiger partial charge in [-0.15, -0.1) is 0 Å². The normalized spacial score (nSPS) is 10.5. The van der Waals surface area contributed by atoms with Crippen LogP contribution in [-0.2, 0) is 0 Å². The third-order valence-corrected chi connectivity index (χ3v) is 6.16. The fourth-order valence-corrected chi connectivity index (χ4v) is 3.99. The van der Waals surface area contributed by atoms with Gasteiger partial charge in [0.15, 0.2) is 11.5 Å². The summed E-state index contributed by atoms with van der Waals surface area (Å²) in [4.78, 5) is 38.7. The minimum Gasteiger partial charge on any atom is -0.497 e. The summed E-state index contributed by atoms with van der Waals surface area (Å²) in [6.07, 6.45) is 1.34. The molecule has 11 nitrogen and oxygen atoms in total. The molecule has 0 aliphatic rings. The molecular weight excluding hydrogens is 554 g/mol. The maximum absolute atomic E-state index is 13.0. The summed E-state index contributed by atoms with van der Waals surface area (Å²) in [7, 11) is 5.89. The molecule has 0 unspecified atom stereocenters. The SMILES string of the molecule is COc1ccc(C(=O)Nc2ccccc2C(=O)N/N=C\c2ccccc2OC(=O)c2cc(OC)c(OC)c(OC)c2)cc1. The van der Waals surface area contributed by atoms with E-state index >= 15 is 0 Å². The van der Waals surface area contributed by atoms with Crippen LogP contribution >= 0.6 is 0 Å². The van der Waals surface area contributed by atoms with Crippen LogP contribution in [0.5, 0.6) is 28.7 Å². The Kier molecular flexibility index (Phi) is 9.93. The smallest absolute Gasteiger partial charge is 0.343 e. The van der Waals surface area contributed by atoms with Gasteiger partial charge >= 0.3 is 5.97 Å². The minimum atomic E-state index is -0.675. The number of hydrogen-bond acceptors (Lipinski definition) is 9. The van der Waals surface area contributed by atoms with Crippen molar-refractivity contribution in [2.45, 2.75) is 0 Å². The molecule has 4 aromatic carbocycles. The largest absolute Gasteiger partial charge is 0.497 e. The zero-order chi connectivity index (χ0) is 30.8. The summed E-state index contributed by atoms with van der Waals surface area (Å²) in [5, 5.41) is 6.78. The molecule has 0 heterocycles. The summed E-state index contributed by atoms with van der Waals surface area (Å²) >= 11 is 0. The van der Waals surface area contributed by atoms with E-state index in [2.05, 4.69) is 15.8 Å². The van der Waals surface area contributed by atoms with Crippen LogP contribution in [0.4, 0.5) is 5.69 Å². The fourth-order valence-electron chi connectivity index (χ4n) is 3.99. The van der Waals surface area contributed by atoms with Gasteiger partial charge in [-0.1, -0.05) is 24.3 Å². The van der Waals surface area contributed by atoms with Gasteiger partial charge in [0.1, 0.15) is 11.5 Å². The van der Waals surface area contributed by atoms with E-state index in [-0.39, 0.29) is 16.9 Å². The molecule has 2 amide bonds. The Hall–Kier alpha value is -5.84. The first-order chi connectivity index (χ1) is 20.9. The van der Waals surface area contributed by atoms with Crippen LogP contribution < -0.4 is 34.4 Å². The summed E-state index contributed by atoms with van der Waals surface area (Å²) in [6.45, 7) is 0. The number of hydrazone groups is 1. The number of anilines is 1. The van der Waals surface area contributed by atoms with Crippen molar-refractivity contribution in [2.75, 3.05) is 33.8 Å². The molecule has 0 radical (unpaired) electrons. The van der Waals surface area contributed by atoms with E-state index in [0.717, 1.165) is 0 Å². The average molecular weight is 584 g/mol. The number of carbonyl (C=O) groups excluding carboxylic acids is 3. The van der Waals surface area contributed by atoms with Gasteiger partial charge in [0.05, 0.1) is 51.5 Å². The van der Waals surface area contributed by atoms with E-state index in [1.165, 1.54) is 46.8 Å². The van der Waals surface area contributed by atoms with Crippen LogP contribution in [-0.4, -0.2) is 52.4 Å². The second kappa shape index (κ2) is 14.2. The van der Waals surface area contributed by atoms with Crippen molar-refractivity contribution in [3.8, 4) is 28.7 Å². The Morgan fingerprint density at radius 1 is 0.674 bits per heavy atom. The van der Waals surface area contributed by atoms with Gasteiger partial charge in [0.2, 0.25) is 5.75 Å². The van der Waals surface area contributed by atoms with Gasteiger partial charge < -0.3 is 29.0 Å². The van der Waals surface area contributed by atoms with Crippen molar-refractivity contribution in [1.29, 1.82) is 0 Å². The van der Waals surface area contributed by atoms with Gasteiger partial charge in [-0.05, 0) is 60.7 Å². The molecule has 43 heavy (non-hydrogen) atoms. The highest BCUT2D eigenvalue weighted by Crippen LogP contribution is 2.38. The molecule has 0 aromatic heterocycles. The quantitative estimate of drug-likeness (QED) is 0.110. The predicted octanol–water partition coefficient (Wildman–Crippen LogP) is 4.96. The van der Waals surface area contributed by atoms with E-state index < -0.39 is 17.8 Å². The highest BCUT2D eigenvalue weighted by Gasteiger charge is 2.19. The Morgan fingerprint density at radius 3 is 1.98 bits per heavy atom. The molecule has 220 valence electrons. The third kappa shape index (κ3) is 7.27. The van der Waals surface area contributed by atoms with Crippen molar-refractivity contribution < 1.29 is 38.1 Å². The zero-order valence-electron chi connectivity index (χ0n) is 23.9. The van der Waals surface area contributed by atoms with E-state index in [1.807, 2.05) is 0 Å². The highest BCUT2D eigenvalue weighted by molar-refractivity contribution is 6.09. The molecule has 0 spiro atoms. The number of nitrogens with zero attached hydrogens (tertiary/aromatic N) is 1. The number of hydrogen-bond donors (Lipinski definition) is 2. The van der Waals surface area contributed by atoms with Crippen molar-refractivity contribution in [3.05, 3.63) is 107 Å². The predicted molar refractivity (Wildman–Crippen MR) is 160 cm³/mol. The first-order valence-electron chi connectivity index (χ1n) is 12.9. The fraction of sp³-hybridized carbons (Fsp3) is 0.125. The number of para-hydroxylation sites is 2. The first kappa shape index (κ1) is 30.1. The van der Waals surface area contributed by atoms with Crippen LogP contribution in [0.2, 0.25) is 0 Å². The molecule has 4 aromatic rings. The highest BCUT2D eigenvalue weighted by atomic mass is 16.5. The van der Waals surface area contributed by atoms with Crippen LogP contribution in [0, 0.1) is 0 Å².